The number of nitrogens with one attached hydrogen (secondary N) is 1. The van der Waals surface area contributed by atoms with Gasteiger partial charge in [-0.15, -0.1) is 0 Å². The van der Waals surface area contributed by atoms with Crippen LogP contribution in [0.5, 0.6) is 0 Å². The van der Waals surface area contributed by atoms with Gasteiger partial charge in [0.2, 0.25) is 0 Å². The number of carbonyl (C=O) groups is 1. The van der Waals surface area contributed by atoms with Crippen LogP contribution in [-0.4, -0.2) is 10.8 Å². The molecule has 0 fully saturated rings. The van der Waals surface area contributed by atoms with Crippen LogP contribution in [0.2, 0.25) is 0 Å². The highest BCUT2D eigenvalue weighted by atomic mass is 16.1. The molecule has 2 aromatic rings. The van der Waals surface area contributed by atoms with Gasteiger partial charge in [-0.3, -0.25) is 4.79 Å². The van der Waals surface area contributed by atoms with Gasteiger partial charge < -0.3 is 4.98 Å². The zero-order valence-electron chi connectivity index (χ0n) is 9.21. The molecule has 0 saturated heterocycles. The molecule has 0 atom stereocenters. The Labute approximate surface area is 94.0 Å². The van der Waals surface area contributed by atoms with Crippen molar-refractivity contribution in [3.63, 3.8) is 0 Å². The highest BCUT2D eigenvalue weighted by Gasteiger charge is 2.17. The van der Waals surface area contributed by atoms with Gasteiger partial charge in [-0.25, -0.2) is 0 Å². The molecule has 2 heteroatoms. The third-order valence-electron chi connectivity index (χ3n) is 3.15. The fraction of sp³-hybridized carbons (Fsp3) is 0.214. The molecule has 80 valence electrons. The number of fused-ring (bicyclic) bond motifs is 1. The number of aromatic amines is 1. The average molecular weight is 211 g/mol. The van der Waals surface area contributed by atoms with E-state index < -0.39 is 0 Å². The molecular weight excluding hydrogens is 198 g/mol. The van der Waals surface area contributed by atoms with Gasteiger partial charge in [0.15, 0.2) is 0 Å². The molecule has 0 saturated carbocycles. The molecule has 1 N–H and O–H groups in total. The van der Waals surface area contributed by atoms with E-state index in [1.54, 1.807) is 0 Å². The van der Waals surface area contributed by atoms with Gasteiger partial charge >= 0.3 is 0 Å². The first-order valence-corrected chi connectivity index (χ1v) is 5.53. The van der Waals surface area contributed by atoms with Crippen molar-refractivity contribution in [2.75, 3.05) is 0 Å². The second kappa shape index (κ2) is 3.34. The van der Waals surface area contributed by atoms with Crippen LogP contribution in [0.1, 0.15) is 24.0 Å². The summed E-state index contributed by atoms with van der Waals surface area (Å²) in [7, 11) is 0. The van der Waals surface area contributed by atoms with Crippen molar-refractivity contribution in [2.45, 2.75) is 19.8 Å². The van der Waals surface area contributed by atoms with Crippen molar-refractivity contribution in [1.82, 2.24) is 4.98 Å². The second-order valence-corrected chi connectivity index (χ2v) is 4.40. The fourth-order valence-corrected chi connectivity index (χ4v) is 2.30. The number of Topliss-reactive ketones (excluding diaryl/α,β-unsaturated/α-hetero) is 1. The lowest BCUT2D eigenvalue weighted by molar-refractivity contribution is -0.116. The molecule has 0 radical (unpaired) electrons. The Hall–Kier alpha value is -1.83. The number of allylic oxidation sites excluding steroid dienone is 2. The van der Waals surface area contributed by atoms with E-state index in [-0.39, 0.29) is 0 Å². The predicted molar refractivity (Wildman–Crippen MR) is 65.3 cm³/mol. The normalized spacial score (nSPS) is 15.8. The quantitative estimate of drug-likeness (QED) is 0.771. The molecule has 1 aromatic heterocycles. The Bertz CT molecular complexity index is 604. The molecule has 1 aliphatic rings. The van der Waals surface area contributed by atoms with E-state index in [0.29, 0.717) is 18.6 Å². The number of benzene rings is 1. The second-order valence-electron chi connectivity index (χ2n) is 4.40. The molecule has 0 bridgehead atoms. The maximum absolute atomic E-state index is 11.3. The lowest BCUT2D eigenvalue weighted by Gasteiger charge is -1.99. The number of aromatic nitrogens is 1. The van der Waals surface area contributed by atoms with Crippen molar-refractivity contribution in [3.8, 4) is 0 Å². The van der Waals surface area contributed by atoms with Crippen LogP contribution in [-0.2, 0) is 4.79 Å². The predicted octanol–water partition coefficient (Wildman–Crippen LogP) is 3.22. The topological polar surface area (TPSA) is 32.9 Å². The molecule has 0 aliphatic heterocycles. The largest absolute Gasteiger partial charge is 0.361 e. The zero-order valence-corrected chi connectivity index (χ0v) is 9.21. The summed E-state index contributed by atoms with van der Waals surface area (Å²) in [6.45, 7) is 2.09. The van der Waals surface area contributed by atoms with Gasteiger partial charge in [-0.05, 0) is 24.6 Å². The third-order valence-corrected chi connectivity index (χ3v) is 3.15. The third kappa shape index (κ3) is 1.38. The van der Waals surface area contributed by atoms with E-state index in [2.05, 4.69) is 30.1 Å². The summed E-state index contributed by atoms with van der Waals surface area (Å²) in [6.07, 6.45) is 5.23. The van der Waals surface area contributed by atoms with E-state index in [4.69, 9.17) is 0 Å². The van der Waals surface area contributed by atoms with E-state index in [1.165, 1.54) is 22.1 Å². The van der Waals surface area contributed by atoms with Crippen LogP contribution in [0.3, 0.4) is 0 Å². The molecular formula is C14H13NO. The minimum atomic E-state index is 0.317. The van der Waals surface area contributed by atoms with Gasteiger partial charge in [0.05, 0.1) is 0 Å². The summed E-state index contributed by atoms with van der Waals surface area (Å²) in [6, 6.07) is 6.35. The van der Waals surface area contributed by atoms with Gasteiger partial charge in [-0.2, -0.15) is 0 Å². The van der Waals surface area contributed by atoms with Crippen LogP contribution in [0.4, 0.5) is 0 Å². The van der Waals surface area contributed by atoms with Gasteiger partial charge in [0.25, 0.3) is 0 Å². The van der Waals surface area contributed by atoms with Crippen molar-refractivity contribution in [3.05, 3.63) is 41.6 Å². The standard InChI is InChI=1S/C14H13NO/c1-9-2-5-14-12(6-9)13(8-15-14)10-3-4-11(16)7-10/h2-3,5-6,8,15H,4,7H2,1H3. The molecule has 3 rings (SSSR count). The molecule has 0 unspecified atom stereocenters. The van der Waals surface area contributed by atoms with E-state index in [9.17, 15) is 4.79 Å². The number of H-pyrrole nitrogens is 1. The molecule has 2 nitrogen and oxygen atoms in total. The van der Waals surface area contributed by atoms with Crippen molar-refractivity contribution < 1.29 is 4.79 Å². The molecule has 0 amide bonds. The van der Waals surface area contributed by atoms with Crippen LogP contribution < -0.4 is 0 Å². The van der Waals surface area contributed by atoms with Crippen LogP contribution in [0, 0.1) is 6.92 Å². The average Bonchev–Trinajstić information content (AvgIpc) is 2.83. The van der Waals surface area contributed by atoms with Crippen molar-refractivity contribution in [2.24, 2.45) is 0 Å². The summed E-state index contributed by atoms with van der Waals surface area (Å²) < 4.78 is 0. The number of ketones is 1. The Morgan fingerprint density at radius 3 is 2.94 bits per heavy atom. The first-order valence-electron chi connectivity index (χ1n) is 5.53. The minimum Gasteiger partial charge on any atom is -0.361 e. The van der Waals surface area contributed by atoms with Crippen molar-refractivity contribution in [1.29, 1.82) is 0 Å². The Balaban J connectivity index is 2.17. The van der Waals surface area contributed by atoms with E-state index in [1.807, 2.05) is 12.3 Å². The van der Waals surface area contributed by atoms with E-state index in [0.717, 1.165) is 5.52 Å². The zero-order chi connectivity index (χ0) is 11.1. The lowest BCUT2D eigenvalue weighted by atomic mass is 10.0. The number of aryl methyl sites for hydroxylation is 1. The maximum Gasteiger partial charge on any atom is 0.141 e. The van der Waals surface area contributed by atoms with Gasteiger partial charge in [-0.1, -0.05) is 17.7 Å². The van der Waals surface area contributed by atoms with Gasteiger partial charge in [0.1, 0.15) is 5.78 Å². The van der Waals surface area contributed by atoms with Crippen LogP contribution >= 0.6 is 0 Å². The van der Waals surface area contributed by atoms with Crippen LogP contribution in [0.15, 0.2) is 30.5 Å². The molecule has 1 aliphatic carbocycles. The summed E-state index contributed by atoms with van der Waals surface area (Å²) in [5.74, 6) is 0.317. The highest BCUT2D eigenvalue weighted by molar-refractivity contribution is 6.02. The summed E-state index contributed by atoms with van der Waals surface area (Å²) in [5.41, 5.74) is 4.74. The number of rotatable bonds is 1. The molecule has 1 aromatic carbocycles. The number of hydrogen-bond donors (Lipinski definition) is 1. The lowest BCUT2D eigenvalue weighted by Crippen LogP contribution is -1.88. The fourth-order valence-electron chi connectivity index (χ4n) is 2.30. The highest BCUT2D eigenvalue weighted by Crippen LogP contribution is 2.31. The summed E-state index contributed by atoms with van der Waals surface area (Å²) in [4.78, 5) is 14.5. The molecule has 16 heavy (non-hydrogen) atoms. The molecule has 1 heterocycles. The first kappa shape index (κ1) is 9.40. The van der Waals surface area contributed by atoms with E-state index >= 15 is 0 Å². The Kier molecular flexibility index (Phi) is 1.96. The smallest absolute Gasteiger partial charge is 0.141 e. The van der Waals surface area contributed by atoms with Crippen molar-refractivity contribution >= 4 is 22.3 Å². The van der Waals surface area contributed by atoms with Gasteiger partial charge in [0, 0.05) is 35.5 Å². The maximum atomic E-state index is 11.3. The molecule has 0 spiro atoms. The summed E-state index contributed by atoms with van der Waals surface area (Å²) in [5, 5.41) is 1.22. The van der Waals surface area contributed by atoms with Crippen LogP contribution in [0.25, 0.3) is 16.5 Å². The Morgan fingerprint density at radius 1 is 1.31 bits per heavy atom. The number of hydrogen-bond acceptors (Lipinski definition) is 1. The number of carbonyl (C=O) groups excluding carboxylic acids is 1. The first-order chi connectivity index (χ1) is 7.74. The Morgan fingerprint density at radius 2 is 2.19 bits per heavy atom. The summed E-state index contributed by atoms with van der Waals surface area (Å²) >= 11 is 0. The monoisotopic (exact) mass is 211 g/mol. The minimum absolute atomic E-state index is 0.317. The SMILES string of the molecule is Cc1ccc2[nH]cc(C3=CCC(=O)C3)c2c1.